The van der Waals surface area contributed by atoms with Crippen molar-refractivity contribution >= 4 is 30.8 Å². The molecule has 0 aromatic heterocycles. The van der Waals surface area contributed by atoms with Gasteiger partial charge in [0.05, 0.1) is 33.9 Å². The first-order valence-corrected chi connectivity index (χ1v) is 20.0. The van der Waals surface area contributed by atoms with Crippen molar-refractivity contribution in [3.05, 3.63) is 119 Å². The third-order valence-electron chi connectivity index (χ3n) is 10.6. The number of hydrogen-bond acceptors (Lipinski definition) is 6. The Morgan fingerprint density at radius 1 is 0.959 bits per heavy atom. The van der Waals surface area contributed by atoms with Crippen LogP contribution >= 0.6 is 0 Å². The van der Waals surface area contributed by atoms with E-state index >= 15 is 0 Å². The third kappa shape index (κ3) is 7.01. The molecule has 2 aliphatic rings. The van der Waals surface area contributed by atoms with E-state index in [0.29, 0.717) is 30.0 Å². The molecule has 2 aliphatic heterocycles. The highest BCUT2D eigenvalue weighted by molar-refractivity contribution is 6.91. The van der Waals surface area contributed by atoms with Crippen LogP contribution in [0.2, 0.25) is 18.6 Å². The number of aliphatic hydroxyl groups is 1. The van der Waals surface area contributed by atoms with Crippen LogP contribution in [0.1, 0.15) is 46.5 Å². The van der Waals surface area contributed by atoms with Gasteiger partial charge in [-0.05, 0) is 60.0 Å². The summed E-state index contributed by atoms with van der Waals surface area (Å²) in [5, 5.41) is 14.6. The summed E-state index contributed by atoms with van der Waals surface area (Å²) >= 11 is 0. The number of aliphatic hydroxyl groups excluding tert-OH is 1. The van der Waals surface area contributed by atoms with Crippen molar-refractivity contribution in [3.63, 3.8) is 0 Å². The zero-order valence-corrected chi connectivity index (χ0v) is 29.9. The molecular formula is C40H46N2O6Si. The number of carbonyl (C=O) groups is 2. The fourth-order valence-electron chi connectivity index (χ4n) is 7.61. The van der Waals surface area contributed by atoms with Gasteiger partial charge in [0.1, 0.15) is 17.6 Å². The van der Waals surface area contributed by atoms with Crippen LogP contribution in [0.25, 0.3) is 0 Å². The molecule has 5 atom stereocenters. The van der Waals surface area contributed by atoms with Gasteiger partial charge in [-0.2, -0.15) is 0 Å². The van der Waals surface area contributed by atoms with E-state index in [2.05, 4.69) is 49.6 Å². The van der Waals surface area contributed by atoms with E-state index in [4.69, 9.17) is 14.2 Å². The molecule has 0 bridgehead atoms. The van der Waals surface area contributed by atoms with Gasteiger partial charge in [0.2, 0.25) is 5.91 Å². The average Bonchev–Trinajstić information content (AvgIpc) is 3.13. The van der Waals surface area contributed by atoms with Gasteiger partial charge >= 0.3 is 0 Å². The lowest BCUT2D eigenvalue weighted by Gasteiger charge is -2.46. The normalized spacial score (nSPS) is 20.7. The van der Waals surface area contributed by atoms with Crippen molar-refractivity contribution in [3.8, 4) is 11.5 Å². The van der Waals surface area contributed by atoms with Gasteiger partial charge in [0, 0.05) is 48.3 Å². The Kier molecular flexibility index (Phi) is 10.2. The quantitative estimate of drug-likeness (QED) is 0.190. The lowest BCUT2D eigenvalue weighted by atomic mass is 9.86. The van der Waals surface area contributed by atoms with Gasteiger partial charge in [-0.1, -0.05) is 79.8 Å². The van der Waals surface area contributed by atoms with E-state index in [1.807, 2.05) is 65.6 Å². The van der Waals surface area contributed by atoms with Crippen LogP contribution in [-0.2, 0) is 22.5 Å². The standard InChI is InChI=1S/C40H46N2O6Si/c1-26-38(47-3)34-22-30(41-40(45)27-11-7-6-8-12-27)15-20-35(34)48-39(26)36(49(4,5)33-18-16-32(46-2)17-19-33)23-37(44)42-24-29-14-10-9-13-28(29)21-31(42)25-43/h6-20,22,26,31,36,38-39,43H,21,23-25H2,1-5H3,(H,41,45)/t26-,31-,36?,38-,39-/m0/s1. The lowest BCUT2D eigenvalue weighted by Crippen LogP contribution is -2.56. The number of ether oxygens (including phenoxy) is 3. The maximum Gasteiger partial charge on any atom is 0.255 e. The van der Waals surface area contributed by atoms with Crippen LogP contribution in [0.15, 0.2) is 97.1 Å². The van der Waals surface area contributed by atoms with E-state index in [0.717, 1.165) is 16.9 Å². The zero-order valence-electron chi connectivity index (χ0n) is 28.9. The predicted octanol–water partition coefficient (Wildman–Crippen LogP) is 6.35. The molecule has 2 heterocycles. The number of hydrogen-bond donors (Lipinski definition) is 2. The van der Waals surface area contributed by atoms with Gasteiger partial charge < -0.3 is 29.5 Å². The first-order chi connectivity index (χ1) is 23.6. The molecule has 0 fully saturated rings. The predicted molar refractivity (Wildman–Crippen MR) is 194 cm³/mol. The Morgan fingerprint density at radius 3 is 2.33 bits per heavy atom. The van der Waals surface area contributed by atoms with Crippen molar-refractivity contribution < 1.29 is 28.9 Å². The second-order valence-corrected chi connectivity index (χ2v) is 18.5. The SMILES string of the molecule is COc1ccc([Si](C)(C)C(CC(=O)N2Cc3ccccc3C[C@H]2CO)[C@H]2Oc3ccc(NC(=O)c4ccccc4)cc3[C@@H](OC)[C@@H]2C)cc1. The highest BCUT2D eigenvalue weighted by Crippen LogP contribution is 2.48. The Labute approximate surface area is 290 Å². The third-order valence-corrected chi connectivity index (χ3v) is 14.8. The fraction of sp³-hybridized carbons (Fsp3) is 0.350. The molecule has 9 heteroatoms. The Morgan fingerprint density at radius 2 is 1.65 bits per heavy atom. The topological polar surface area (TPSA) is 97.3 Å². The molecule has 256 valence electrons. The van der Waals surface area contributed by atoms with Crippen LogP contribution in [-0.4, -0.2) is 62.9 Å². The molecule has 4 aromatic carbocycles. The fourth-order valence-corrected chi connectivity index (χ4v) is 10.9. The molecule has 1 unspecified atom stereocenters. The van der Waals surface area contributed by atoms with Gasteiger partial charge in [-0.15, -0.1) is 0 Å². The number of methoxy groups -OCH3 is 2. The summed E-state index contributed by atoms with van der Waals surface area (Å²) in [4.78, 5) is 29.3. The number of carbonyl (C=O) groups excluding carboxylic acids is 2. The summed E-state index contributed by atoms with van der Waals surface area (Å²) in [6, 6.07) is 30.9. The zero-order chi connectivity index (χ0) is 34.7. The molecule has 4 aromatic rings. The largest absolute Gasteiger partial charge is 0.497 e. The monoisotopic (exact) mass is 678 g/mol. The number of benzene rings is 4. The van der Waals surface area contributed by atoms with E-state index in [1.165, 1.54) is 10.8 Å². The van der Waals surface area contributed by atoms with Crippen molar-refractivity contribution in [1.29, 1.82) is 0 Å². The number of rotatable bonds is 10. The summed E-state index contributed by atoms with van der Waals surface area (Å²) in [7, 11) is 0.918. The van der Waals surface area contributed by atoms with E-state index in [-0.39, 0.29) is 54.6 Å². The van der Waals surface area contributed by atoms with Gasteiger partial charge in [0.25, 0.3) is 5.91 Å². The Balaban J connectivity index is 1.34. The van der Waals surface area contributed by atoms with Crippen LogP contribution in [0.3, 0.4) is 0 Å². The second kappa shape index (κ2) is 14.6. The summed E-state index contributed by atoms with van der Waals surface area (Å²) < 4.78 is 18.6. The molecule has 0 saturated heterocycles. The van der Waals surface area contributed by atoms with Crippen LogP contribution in [0.5, 0.6) is 11.5 Å². The minimum absolute atomic E-state index is 0.0159. The summed E-state index contributed by atoms with van der Waals surface area (Å²) in [5.74, 6) is 1.18. The highest BCUT2D eigenvalue weighted by Gasteiger charge is 2.49. The van der Waals surface area contributed by atoms with Crippen molar-refractivity contribution in [2.75, 3.05) is 26.1 Å². The molecule has 8 nitrogen and oxygen atoms in total. The van der Waals surface area contributed by atoms with Gasteiger partial charge in [-0.25, -0.2) is 0 Å². The smallest absolute Gasteiger partial charge is 0.255 e. The van der Waals surface area contributed by atoms with Crippen molar-refractivity contribution in [2.24, 2.45) is 5.92 Å². The first-order valence-electron chi connectivity index (χ1n) is 17.0. The molecule has 6 rings (SSSR count). The Bertz CT molecular complexity index is 1780. The molecule has 0 radical (unpaired) electrons. The van der Waals surface area contributed by atoms with Crippen LogP contribution in [0.4, 0.5) is 5.69 Å². The van der Waals surface area contributed by atoms with E-state index in [1.54, 1.807) is 26.4 Å². The van der Waals surface area contributed by atoms with E-state index in [9.17, 15) is 14.7 Å². The number of nitrogens with one attached hydrogen (secondary N) is 1. The number of fused-ring (bicyclic) bond motifs is 2. The highest BCUT2D eigenvalue weighted by atomic mass is 28.3. The number of anilines is 1. The van der Waals surface area contributed by atoms with Gasteiger partial charge in [0.15, 0.2) is 0 Å². The lowest BCUT2D eigenvalue weighted by molar-refractivity contribution is -0.136. The number of amides is 2. The minimum Gasteiger partial charge on any atom is -0.497 e. The molecule has 2 amide bonds. The summed E-state index contributed by atoms with van der Waals surface area (Å²) in [6.07, 6.45) is 0.240. The number of nitrogens with zero attached hydrogens (tertiary/aromatic N) is 1. The molecule has 0 aliphatic carbocycles. The van der Waals surface area contributed by atoms with Crippen molar-refractivity contribution in [1.82, 2.24) is 4.90 Å². The second-order valence-electron chi connectivity index (χ2n) is 13.8. The molecule has 0 spiro atoms. The van der Waals surface area contributed by atoms with Crippen molar-refractivity contribution in [2.45, 2.75) is 63.2 Å². The van der Waals surface area contributed by atoms with Crippen LogP contribution in [0, 0.1) is 5.92 Å². The van der Waals surface area contributed by atoms with Crippen LogP contribution < -0.4 is 20.0 Å². The van der Waals surface area contributed by atoms with Gasteiger partial charge in [-0.3, -0.25) is 9.59 Å². The maximum absolute atomic E-state index is 14.5. The maximum atomic E-state index is 14.5. The first kappa shape index (κ1) is 34.4. The Hall–Kier alpha value is -4.44. The molecular weight excluding hydrogens is 633 g/mol. The summed E-state index contributed by atoms with van der Waals surface area (Å²) in [5.41, 5.74) is 4.26. The molecule has 49 heavy (non-hydrogen) atoms. The minimum atomic E-state index is -2.44. The summed E-state index contributed by atoms with van der Waals surface area (Å²) in [6.45, 7) is 7.11. The molecule has 2 N–H and O–H groups in total. The average molecular weight is 679 g/mol. The van der Waals surface area contributed by atoms with E-state index < -0.39 is 8.07 Å². The molecule has 0 saturated carbocycles.